The molecule has 0 aliphatic heterocycles. The standard InChI is InChI=1S/C14H27F/c1-3-5-13(6-4-11-15)14-9-7-12(2)8-10-14/h12-14H,3-11H2,1-2H3. The maximum absolute atomic E-state index is 12.2. The molecule has 1 unspecified atom stereocenters. The zero-order valence-corrected chi connectivity index (χ0v) is 10.5. The second-order valence-corrected chi connectivity index (χ2v) is 5.40. The van der Waals surface area contributed by atoms with E-state index >= 15 is 0 Å². The van der Waals surface area contributed by atoms with E-state index in [1.54, 1.807) is 0 Å². The molecule has 1 saturated carbocycles. The Balaban J connectivity index is 2.33. The molecule has 0 nitrogen and oxygen atoms in total. The van der Waals surface area contributed by atoms with Crippen molar-refractivity contribution in [1.29, 1.82) is 0 Å². The van der Waals surface area contributed by atoms with Gasteiger partial charge in [0.1, 0.15) is 0 Å². The van der Waals surface area contributed by atoms with Crippen LogP contribution in [0.4, 0.5) is 4.39 Å². The van der Waals surface area contributed by atoms with E-state index < -0.39 is 0 Å². The van der Waals surface area contributed by atoms with Crippen molar-refractivity contribution in [3.63, 3.8) is 0 Å². The Hall–Kier alpha value is -0.0700. The zero-order valence-electron chi connectivity index (χ0n) is 10.5. The fraction of sp³-hybridized carbons (Fsp3) is 1.00. The molecule has 0 saturated heterocycles. The van der Waals surface area contributed by atoms with Crippen molar-refractivity contribution in [2.75, 3.05) is 6.67 Å². The van der Waals surface area contributed by atoms with Gasteiger partial charge in [0.15, 0.2) is 0 Å². The SMILES string of the molecule is CCCC(CCCF)C1CCC(C)CC1. The number of hydrogen-bond acceptors (Lipinski definition) is 0. The third kappa shape index (κ3) is 4.53. The van der Waals surface area contributed by atoms with Crippen LogP contribution in [0.25, 0.3) is 0 Å². The molecule has 1 rings (SSSR count). The summed E-state index contributed by atoms with van der Waals surface area (Å²) in [4.78, 5) is 0. The summed E-state index contributed by atoms with van der Waals surface area (Å²) in [6.45, 7) is 4.50. The molecule has 1 fully saturated rings. The van der Waals surface area contributed by atoms with Crippen molar-refractivity contribution in [3.05, 3.63) is 0 Å². The lowest BCUT2D eigenvalue weighted by atomic mass is 9.73. The normalized spacial score (nSPS) is 29.0. The van der Waals surface area contributed by atoms with E-state index in [9.17, 15) is 4.39 Å². The Kier molecular flexibility index (Phi) is 6.28. The van der Waals surface area contributed by atoms with Gasteiger partial charge in [0, 0.05) is 0 Å². The van der Waals surface area contributed by atoms with Gasteiger partial charge in [-0.15, -0.1) is 0 Å². The van der Waals surface area contributed by atoms with Crippen LogP contribution in [0.15, 0.2) is 0 Å². The molecule has 90 valence electrons. The van der Waals surface area contributed by atoms with E-state index in [1.165, 1.54) is 38.5 Å². The van der Waals surface area contributed by atoms with Crippen molar-refractivity contribution >= 4 is 0 Å². The van der Waals surface area contributed by atoms with Crippen LogP contribution in [0.1, 0.15) is 65.2 Å². The average molecular weight is 214 g/mol. The maximum Gasteiger partial charge on any atom is 0.0894 e. The van der Waals surface area contributed by atoms with E-state index in [1.807, 2.05) is 0 Å². The van der Waals surface area contributed by atoms with E-state index in [2.05, 4.69) is 13.8 Å². The topological polar surface area (TPSA) is 0 Å². The molecule has 0 heterocycles. The minimum Gasteiger partial charge on any atom is -0.251 e. The maximum atomic E-state index is 12.2. The van der Waals surface area contributed by atoms with Gasteiger partial charge in [-0.2, -0.15) is 0 Å². The van der Waals surface area contributed by atoms with Crippen LogP contribution in [-0.4, -0.2) is 6.67 Å². The highest BCUT2D eigenvalue weighted by atomic mass is 19.1. The molecule has 0 aromatic heterocycles. The van der Waals surface area contributed by atoms with Gasteiger partial charge >= 0.3 is 0 Å². The average Bonchev–Trinajstić information content (AvgIpc) is 2.25. The number of hydrogen-bond donors (Lipinski definition) is 0. The molecule has 15 heavy (non-hydrogen) atoms. The van der Waals surface area contributed by atoms with E-state index in [0.29, 0.717) is 0 Å². The molecule has 0 bridgehead atoms. The van der Waals surface area contributed by atoms with Crippen molar-refractivity contribution in [3.8, 4) is 0 Å². The molecule has 0 amide bonds. The van der Waals surface area contributed by atoms with Crippen LogP contribution in [0, 0.1) is 17.8 Å². The van der Waals surface area contributed by atoms with E-state index in [0.717, 1.165) is 30.6 Å². The number of halogens is 1. The summed E-state index contributed by atoms with van der Waals surface area (Å²) >= 11 is 0. The van der Waals surface area contributed by atoms with Gasteiger partial charge in [-0.05, 0) is 43.4 Å². The molecule has 1 atom stereocenters. The van der Waals surface area contributed by atoms with Crippen molar-refractivity contribution < 1.29 is 4.39 Å². The summed E-state index contributed by atoms with van der Waals surface area (Å²) in [6, 6.07) is 0. The first-order valence-corrected chi connectivity index (χ1v) is 6.83. The molecule has 0 radical (unpaired) electrons. The monoisotopic (exact) mass is 214 g/mol. The zero-order chi connectivity index (χ0) is 11.1. The van der Waals surface area contributed by atoms with Crippen LogP contribution >= 0.6 is 0 Å². The molecule has 0 spiro atoms. The molecular formula is C14H27F. The fourth-order valence-corrected chi connectivity index (χ4v) is 3.08. The molecule has 1 aliphatic rings. The molecular weight excluding hydrogens is 187 g/mol. The molecule has 0 N–H and O–H groups in total. The lowest BCUT2D eigenvalue weighted by Crippen LogP contribution is -2.21. The van der Waals surface area contributed by atoms with E-state index in [4.69, 9.17) is 0 Å². The predicted molar refractivity (Wildman–Crippen MR) is 64.7 cm³/mol. The number of rotatable bonds is 6. The minimum absolute atomic E-state index is 0.122. The molecule has 0 aromatic rings. The Morgan fingerprint density at radius 2 is 1.80 bits per heavy atom. The smallest absolute Gasteiger partial charge is 0.0894 e. The second-order valence-electron chi connectivity index (χ2n) is 5.40. The summed E-state index contributed by atoms with van der Waals surface area (Å²) in [5, 5.41) is 0. The molecule has 0 aromatic carbocycles. The summed E-state index contributed by atoms with van der Waals surface area (Å²) < 4.78 is 12.2. The van der Waals surface area contributed by atoms with Crippen molar-refractivity contribution in [2.45, 2.75) is 65.2 Å². The Bertz CT molecular complexity index is 147. The third-order valence-corrected chi connectivity index (χ3v) is 4.10. The van der Waals surface area contributed by atoms with Gasteiger partial charge in [-0.25, -0.2) is 0 Å². The third-order valence-electron chi connectivity index (χ3n) is 4.10. The van der Waals surface area contributed by atoms with Gasteiger partial charge in [-0.1, -0.05) is 39.5 Å². The van der Waals surface area contributed by atoms with Crippen molar-refractivity contribution in [2.24, 2.45) is 17.8 Å². The summed E-state index contributed by atoms with van der Waals surface area (Å²) in [6.07, 6.45) is 10.1. The summed E-state index contributed by atoms with van der Waals surface area (Å²) in [5.41, 5.74) is 0. The lowest BCUT2D eigenvalue weighted by Gasteiger charge is -2.32. The Labute approximate surface area is 94.6 Å². The van der Waals surface area contributed by atoms with Gasteiger partial charge in [-0.3, -0.25) is 4.39 Å². The van der Waals surface area contributed by atoms with Crippen molar-refractivity contribution in [1.82, 2.24) is 0 Å². The first-order chi connectivity index (χ1) is 7.27. The Morgan fingerprint density at radius 3 is 2.33 bits per heavy atom. The lowest BCUT2D eigenvalue weighted by molar-refractivity contribution is 0.187. The quantitative estimate of drug-likeness (QED) is 0.585. The van der Waals surface area contributed by atoms with Gasteiger partial charge in [0.05, 0.1) is 6.67 Å². The fourth-order valence-electron chi connectivity index (χ4n) is 3.08. The van der Waals surface area contributed by atoms with Gasteiger partial charge in [0.25, 0.3) is 0 Å². The highest BCUT2D eigenvalue weighted by molar-refractivity contribution is 4.76. The predicted octanol–water partition coefficient (Wildman–Crippen LogP) is 4.98. The highest BCUT2D eigenvalue weighted by Crippen LogP contribution is 2.37. The van der Waals surface area contributed by atoms with Gasteiger partial charge in [0.2, 0.25) is 0 Å². The van der Waals surface area contributed by atoms with Crippen LogP contribution in [-0.2, 0) is 0 Å². The molecule has 1 aliphatic carbocycles. The van der Waals surface area contributed by atoms with E-state index in [-0.39, 0.29) is 6.67 Å². The molecule has 1 heteroatoms. The largest absolute Gasteiger partial charge is 0.251 e. The van der Waals surface area contributed by atoms with Crippen LogP contribution in [0.5, 0.6) is 0 Å². The van der Waals surface area contributed by atoms with Crippen LogP contribution in [0.2, 0.25) is 0 Å². The van der Waals surface area contributed by atoms with Gasteiger partial charge < -0.3 is 0 Å². The first kappa shape index (κ1) is 13.0. The Morgan fingerprint density at radius 1 is 1.13 bits per heavy atom. The second kappa shape index (κ2) is 7.24. The van der Waals surface area contributed by atoms with Crippen LogP contribution < -0.4 is 0 Å². The van der Waals surface area contributed by atoms with Crippen LogP contribution in [0.3, 0.4) is 0 Å². The first-order valence-electron chi connectivity index (χ1n) is 6.83. The minimum atomic E-state index is -0.122. The number of alkyl halides is 1. The summed E-state index contributed by atoms with van der Waals surface area (Å²) in [7, 11) is 0. The summed E-state index contributed by atoms with van der Waals surface area (Å²) in [5.74, 6) is 2.66. The highest BCUT2D eigenvalue weighted by Gasteiger charge is 2.24.